The van der Waals surface area contributed by atoms with Gasteiger partial charge in [-0.15, -0.1) is 0 Å². The summed E-state index contributed by atoms with van der Waals surface area (Å²) in [5, 5.41) is 12.6. The van der Waals surface area contributed by atoms with Gasteiger partial charge in [0, 0.05) is 30.9 Å². The Balaban J connectivity index is 1.42. The normalized spacial score (nSPS) is 18.4. The second kappa shape index (κ2) is 11.9. The molecule has 1 amide bonds. The molecular weight excluding hydrogens is 509 g/mol. The zero-order chi connectivity index (χ0) is 27.3. The van der Waals surface area contributed by atoms with Crippen LogP contribution >= 0.6 is 7.82 Å². The van der Waals surface area contributed by atoms with Crippen molar-refractivity contribution in [1.29, 1.82) is 0 Å². The van der Waals surface area contributed by atoms with Crippen LogP contribution in [0.15, 0.2) is 60.9 Å². The molecule has 1 aliphatic rings. The predicted molar refractivity (Wildman–Crippen MR) is 140 cm³/mol. The molecule has 200 valence electrons. The first-order valence-corrected chi connectivity index (χ1v) is 13.7. The molecule has 0 aliphatic heterocycles. The Kier molecular flexibility index (Phi) is 8.67. The number of ether oxygens (including phenoxy) is 1. The number of aliphatic hydroxyl groups excluding tert-OH is 1. The minimum atomic E-state index is -4.70. The maximum atomic E-state index is 11.6. The Morgan fingerprint density at radius 1 is 1.16 bits per heavy atom. The topological polar surface area (TPSA) is 143 Å². The average molecular weight is 540 g/mol. The van der Waals surface area contributed by atoms with Crippen LogP contribution in [0.1, 0.15) is 43.3 Å². The number of carbonyl (C=O) groups is 1. The SMILES string of the molecule is CNC(=O)C1CC(Oc2ccc(-c3ccc(C#C[C@@H](COP(=O)(O)O)n4ccnc4[C@H](C)O)cc3)cc2)C1. The van der Waals surface area contributed by atoms with Crippen molar-refractivity contribution in [3.63, 3.8) is 0 Å². The lowest BCUT2D eigenvalue weighted by molar-refractivity contribution is -0.130. The molecule has 0 spiro atoms. The lowest BCUT2D eigenvalue weighted by Crippen LogP contribution is -2.42. The van der Waals surface area contributed by atoms with Gasteiger partial charge in [0.05, 0.1) is 6.61 Å². The standard InChI is InChI=1S/C27H30N3O7P/c1-18(31)26-29-13-14-30(26)23(17-36-38(33,34)35)10-5-19-3-6-20(7-4-19)21-8-11-24(12-9-21)37-25-15-22(16-25)27(32)28-2/h3-4,6-9,11-14,18,22-23,25,31H,15-17H2,1-2H3,(H,28,32)(H2,33,34,35)/t18-,22?,23-,25?/m0/s1. The van der Waals surface area contributed by atoms with Gasteiger partial charge < -0.3 is 29.5 Å². The third-order valence-electron chi connectivity index (χ3n) is 6.28. The van der Waals surface area contributed by atoms with E-state index in [1.807, 2.05) is 48.5 Å². The van der Waals surface area contributed by atoms with E-state index >= 15 is 0 Å². The van der Waals surface area contributed by atoms with Gasteiger partial charge >= 0.3 is 7.82 Å². The van der Waals surface area contributed by atoms with Crippen molar-refractivity contribution in [3.05, 3.63) is 72.3 Å². The molecular formula is C27H30N3O7P. The van der Waals surface area contributed by atoms with Gasteiger partial charge in [-0.05, 0) is 55.2 Å². The van der Waals surface area contributed by atoms with Crippen molar-refractivity contribution in [2.45, 2.75) is 38.0 Å². The maximum Gasteiger partial charge on any atom is 0.469 e. The summed E-state index contributed by atoms with van der Waals surface area (Å²) < 4.78 is 23.4. The van der Waals surface area contributed by atoms with Crippen LogP contribution in [0.5, 0.6) is 5.75 Å². The Bertz CT molecular complexity index is 1350. The fourth-order valence-corrected chi connectivity index (χ4v) is 4.52. The highest BCUT2D eigenvalue weighted by Crippen LogP contribution is 2.37. The van der Waals surface area contributed by atoms with Gasteiger partial charge in [0.25, 0.3) is 0 Å². The number of hydrogen-bond acceptors (Lipinski definition) is 6. The second-order valence-corrected chi connectivity index (χ2v) is 10.3. The van der Waals surface area contributed by atoms with Crippen molar-refractivity contribution < 1.29 is 33.5 Å². The largest absolute Gasteiger partial charge is 0.490 e. The van der Waals surface area contributed by atoms with Gasteiger partial charge in [-0.3, -0.25) is 9.32 Å². The van der Waals surface area contributed by atoms with E-state index in [1.54, 1.807) is 20.2 Å². The number of aliphatic hydroxyl groups is 1. The molecule has 1 aromatic heterocycles. The number of nitrogens with one attached hydrogen (secondary N) is 1. The van der Waals surface area contributed by atoms with E-state index < -0.39 is 20.0 Å². The highest BCUT2D eigenvalue weighted by molar-refractivity contribution is 7.46. The summed E-state index contributed by atoms with van der Waals surface area (Å²) in [6, 6.07) is 14.5. The third kappa shape index (κ3) is 7.10. The van der Waals surface area contributed by atoms with Crippen LogP contribution in [-0.4, -0.2) is 50.1 Å². The summed E-state index contributed by atoms with van der Waals surface area (Å²) in [7, 11) is -3.06. The molecule has 11 heteroatoms. The number of nitrogens with zero attached hydrogens (tertiary/aromatic N) is 2. The van der Waals surface area contributed by atoms with Crippen LogP contribution in [0.3, 0.4) is 0 Å². The number of phosphoric ester groups is 1. The summed E-state index contributed by atoms with van der Waals surface area (Å²) >= 11 is 0. The zero-order valence-electron chi connectivity index (χ0n) is 21.0. The van der Waals surface area contributed by atoms with Crippen molar-refractivity contribution in [2.24, 2.45) is 5.92 Å². The third-order valence-corrected chi connectivity index (χ3v) is 6.76. The van der Waals surface area contributed by atoms with E-state index in [2.05, 4.69) is 26.7 Å². The highest BCUT2D eigenvalue weighted by atomic mass is 31.2. The number of benzene rings is 2. The molecule has 1 fully saturated rings. The van der Waals surface area contributed by atoms with E-state index in [1.165, 1.54) is 10.8 Å². The van der Waals surface area contributed by atoms with Crippen LogP contribution in [0.25, 0.3) is 11.1 Å². The molecule has 2 atom stereocenters. The fourth-order valence-electron chi connectivity index (χ4n) is 4.18. The predicted octanol–water partition coefficient (Wildman–Crippen LogP) is 3.21. The van der Waals surface area contributed by atoms with Gasteiger partial charge in [0.15, 0.2) is 0 Å². The van der Waals surface area contributed by atoms with E-state index in [-0.39, 0.29) is 24.5 Å². The molecule has 2 aromatic carbocycles. The van der Waals surface area contributed by atoms with E-state index in [0.29, 0.717) is 11.4 Å². The summed E-state index contributed by atoms with van der Waals surface area (Å²) in [5.74, 6) is 7.14. The van der Waals surface area contributed by atoms with Crippen molar-refractivity contribution in [2.75, 3.05) is 13.7 Å². The fraction of sp³-hybridized carbons (Fsp3) is 0.333. The number of rotatable bonds is 9. The van der Waals surface area contributed by atoms with Crippen molar-refractivity contribution in [3.8, 4) is 28.7 Å². The Labute approximate surface area is 220 Å². The Morgan fingerprint density at radius 3 is 2.37 bits per heavy atom. The minimum Gasteiger partial charge on any atom is -0.490 e. The lowest BCUT2D eigenvalue weighted by Gasteiger charge is -2.34. The number of imidazole rings is 1. The number of hydrogen-bond donors (Lipinski definition) is 4. The molecule has 0 saturated heterocycles. The van der Waals surface area contributed by atoms with Gasteiger partial charge in [-0.25, -0.2) is 9.55 Å². The number of aromatic nitrogens is 2. The summed E-state index contributed by atoms with van der Waals surface area (Å²) in [6.45, 7) is 1.16. The van der Waals surface area contributed by atoms with E-state index in [4.69, 9.17) is 14.5 Å². The summed E-state index contributed by atoms with van der Waals surface area (Å²) in [4.78, 5) is 34.0. The second-order valence-electron chi connectivity index (χ2n) is 9.06. The molecule has 0 radical (unpaired) electrons. The van der Waals surface area contributed by atoms with Gasteiger partial charge in [0.1, 0.15) is 29.8 Å². The molecule has 3 aromatic rings. The quantitative estimate of drug-likeness (QED) is 0.240. The molecule has 0 unspecified atom stereocenters. The summed E-state index contributed by atoms with van der Waals surface area (Å²) in [5.41, 5.74) is 2.68. The smallest absolute Gasteiger partial charge is 0.469 e. The van der Waals surface area contributed by atoms with Crippen LogP contribution in [0.4, 0.5) is 0 Å². The maximum absolute atomic E-state index is 11.6. The minimum absolute atomic E-state index is 0.0278. The molecule has 4 rings (SSSR count). The Hall–Kier alpha value is -3.45. The molecule has 10 nitrogen and oxygen atoms in total. The van der Waals surface area contributed by atoms with Crippen LogP contribution < -0.4 is 10.1 Å². The summed E-state index contributed by atoms with van der Waals surface area (Å²) in [6.07, 6.45) is 3.65. The van der Waals surface area contributed by atoms with E-state index in [0.717, 1.165) is 29.7 Å². The molecule has 38 heavy (non-hydrogen) atoms. The molecule has 1 aliphatic carbocycles. The zero-order valence-corrected chi connectivity index (χ0v) is 21.9. The first-order valence-electron chi connectivity index (χ1n) is 12.1. The monoisotopic (exact) mass is 539 g/mol. The van der Waals surface area contributed by atoms with Crippen LogP contribution in [0.2, 0.25) is 0 Å². The van der Waals surface area contributed by atoms with Gasteiger partial charge in [-0.2, -0.15) is 0 Å². The molecule has 0 bridgehead atoms. The van der Waals surface area contributed by atoms with Gasteiger partial charge in [0.2, 0.25) is 5.91 Å². The molecule has 1 saturated carbocycles. The van der Waals surface area contributed by atoms with Gasteiger partial charge in [-0.1, -0.05) is 36.1 Å². The highest BCUT2D eigenvalue weighted by Gasteiger charge is 2.35. The van der Waals surface area contributed by atoms with Crippen molar-refractivity contribution in [1.82, 2.24) is 14.9 Å². The average Bonchev–Trinajstić information content (AvgIpc) is 3.36. The van der Waals surface area contributed by atoms with Crippen molar-refractivity contribution >= 4 is 13.7 Å². The Morgan fingerprint density at radius 2 is 1.79 bits per heavy atom. The van der Waals surface area contributed by atoms with E-state index in [9.17, 15) is 14.5 Å². The number of phosphoric acid groups is 1. The number of carbonyl (C=O) groups excluding carboxylic acids is 1. The first-order chi connectivity index (χ1) is 18.1. The molecule has 1 heterocycles. The lowest BCUT2D eigenvalue weighted by atomic mass is 9.81. The first kappa shape index (κ1) is 27.6. The van der Waals surface area contributed by atoms with Crippen LogP contribution in [0, 0.1) is 17.8 Å². The molecule has 4 N–H and O–H groups in total. The number of amides is 1. The van der Waals surface area contributed by atoms with Crippen LogP contribution in [-0.2, 0) is 13.9 Å².